The van der Waals surface area contributed by atoms with E-state index in [4.69, 9.17) is 0 Å². The SMILES string of the molecule is C#C.CC1CN(Cc2ccccc2F)[C@H](C)CN1.CCN(CC)C(=O)c1ccc(CCc2ccccc2)cc1. The summed E-state index contributed by atoms with van der Waals surface area (Å²) in [7, 11) is 0. The Morgan fingerprint density at radius 1 is 0.897 bits per heavy atom. The van der Waals surface area contributed by atoms with Gasteiger partial charge in [-0.3, -0.25) is 9.69 Å². The molecule has 4 rings (SSSR count). The van der Waals surface area contributed by atoms with Crippen LogP contribution >= 0.6 is 0 Å². The molecule has 1 amide bonds. The molecule has 4 nitrogen and oxygen atoms in total. The highest BCUT2D eigenvalue weighted by atomic mass is 19.1. The van der Waals surface area contributed by atoms with E-state index in [1.807, 2.05) is 49.1 Å². The number of nitrogens with one attached hydrogen (secondary N) is 1. The number of nitrogens with zero attached hydrogens (tertiary/aromatic N) is 2. The maximum absolute atomic E-state index is 13.5. The van der Waals surface area contributed by atoms with Gasteiger partial charge in [-0.2, -0.15) is 0 Å². The second-order valence-corrected chi connectivity index (χ2v) is 9.84. The molecule has 0 saturated carbocycles. The molecule has 1 aliphatic heterocycles. The van der Waals surface area contributed by atoms with Gasteiger partial charge in [0.05, 0.1) is 0 Å². The molecule has 2 atom stereocenters. The fraction of sp³-hybridized carbons (Fsp3) is 0.382. The Morgan fingerprint density at radius 2 is 1.46 bits per heavy atom. The molecule has 39 heavy (non-hydrogen) atoms. The van der Waals surface area contributed by atoms with E-state index < -0.39 is 0 Å². The molecule has 1 unspecified atom stereocenters. The Hall–Kier alpha value is -3.46. The summed E-state index contributed by atoms with van der Waals surface area (Å²) in [5.74, 6) is 0.0236. The second-order valence-electron chi connectivity index (χ2n) is 9.84. The summed E-state index contributed by atoms with van der Waals surface area (Å²) in [5, 5.41) is 3.43. The van der Waals surface area contributed by atoms with E-state index in [9.17, 15) is 9.18 Å². The number of terminal acetylenes is 1. The number of carbonyl (C=O) groups excluding carboxylic acids is 1. The lowest BCUT2D eigenvalue weighted by molar-refractivity contribution is 0.0773. The summed E-state index contributed by atoms with van der Waals surface area (Å²) in [6.45, 7) is 12.5. The van der Waals surface area contributed by atoms with Gasteiger partial charge in [-0.15, -0.1) is 12.8 Å². The summed E-state index contributed by atoms with van der Waals surface area (Å²) < 4.78 is 13.5. The van der Waals surface area contributed by atoms with E-state index in [-0.39, 0.29) is 11.7 Å². The molecule has 0 aromatic heterocycles. The van der Waals surface area contributed by atoms with Crippen LogP contribution in [-0.2, 0) is 19.4 Å². The van der Waals surface area contributed by atoms with Crippen LogP contribution in [0.4, 0.5) is 4.39 Å². The molecule has 0 aliphatic carbocycles. The summed E-state index contributed by atoms with van der Waals surface area (Å²) >= 11 is 0. The van der Waals surface area contributed by atoms with Crippen molar-refractivity contribution in [2.24, 2.45) is 0 Å². The maximum Gasteiger partial charge on any atom is 0.253 e. The molecule has 0 bridgehead atoms. The normalized spacial score (nSPS) is 16.7. The second kappa shape index (κ2) is 17.2. The monoisotopic (exact) mass is 529 g/mol. The first-order chi connectivity index (χ1) is 18.9. The van der Waals surface area contributed by atoms with Gasteiger partial charge in [0.1, 0.15) is 5.82 Å². The lowest BCUT2D eigenvalue weighted by atomic mass is 10.0. The number of halogens is 1. The van der Waals surface area contributed by atoms with Gasteiger partial charge in [-0.05, 0) is 69.9 Å². The average Bonchev–Trinajstić information content (AvgIpc) is 2.98. The van der Waals surface area contributed by atoms with Crippen molar-refractivity contribution in [2.75, 3.05) is 26.2 Å². The fourth-order valence-electron chi connectivity index (χ4n) is 4.60. The average molecular weight is 530 g/mol. The van der Waals surface area contributed by atoms with Crippen LogP contribution in [-0.4, -0.2) is 54.0 Å². The molecule has 1 saturated heterocycles. The molecule has 1 aliphatic rings. The molecule has 0 radical (unpaired) electrons. The lowest BCUT2D eigenvalue weighted by Gasteiger charge is -2.37. The number of amides is 1. The van der Waals surface area contributed by atoms with Crippen LogP contribution in [0.25, 0.3) is 0 Å². The quantitative estimate of drug-likeness (QED) is 0.353. The first-order valence-corrected chi connectivity index (χ1v) is 13.9. The highest BCUT2D eigenvalue weighted by molar-refractivity contribution is 5.94. The number of benzene rings is 3. The van der Waals surface area contributed by atoms with Gasteiger partial charge < -0.3 is 10.2 Å². The first-order valence-electron chi connectivity index (χ1n) is 13.9. The largest absolute Gasteiger partial charge is 0.339 e. The van der Waals surface area contributed by atoms with Crippen molar-refractivity contribution >= 4 is 5.91 Å². The molecule has 1 heterocycles. The zero-order valence-electron chi connectivity index (χ0n) is 23.9. The van der Waals surface area contributed by atoms with Crippen LogP contribution in [0.5, 0.6) is 0 Å². The van der Waals surface area contributed by atoms with E-state index >= 15 is 0 Å². The topological polar surface area (TPSA) is 35.6 Å². The third kappa shape index (κ3) is 10.3. The van der Waals surface area contributed by atoms with E-state index in [2.05, 4.69) is 73.3 Å². The Morgan fingerprint density at radius 3 is 2.05 bits per heavy atom. The minimum atomic E-state index is -0.0964. The molecule has 3 aromatic carbocycles. The molecule has 1 fully saturated rings. The van der Waals surface area contributed by atoms with Crippen LogP contribution in [0.3, 0.4) is 0 Å². The van der Waals surface area contributed by atoms with Crippen molar-refractivity contribution in [3.8, 4) is 12.8 Å². The van der Waals surface area contributed by atoms with E-state index in [1.54, 1.807) is 6.07 Å². The van der Waals surface area contributed by atoms with Crippen LogP contribution in [0.15, 0.2) is 78.9 Å². The maximum atomic E-state index is 13.5. The van der Waals surface area contributed by atoms with Crippen molar-refractivity contribution < 1.29 is 9.18 Å². The van der Waals surface area contributed by atoms with E-state index in [1.165, 1.54) is 17.2 Å². The Bertz CT molecular complexity index is 1130. The molecule has 1 N–H and O–H groups in total. The first kappa shape index (κ1) is 31.8. The van der Waals surface area contributed by atoms with E-state index in [0.29, 0.717) is 18.6 Å². The van der Waals surface area contributed by atoms with Gasteiger partial charge in [0.2, 0.25) is 0 Å². The zero-order chi connectivity index (χ0) is 28.6. The highest BCUT2D eigenvalue weighted by Gasteiger charge is 2.22. The molecule has 0 spiro atoms. The Balaban J connectivity index is 0.000000265. The minimum Gasteiger partial charge on any atom is -0.339 e. The number of rotatable bonds is 8. The number of hydrogen-bond acceptors (Lipinski definition) is 3. The van der Waals surface area contributed by atoms with Crippen LogP contribution in [0, 0.1) is 18.7 Å². The summed E-state index contributed by atoms with van der Waals surface area (Å²) in [6.07, 6.45) is 10.0. The van der Waals surface area contributed by atoms with Crippen molar-refractivity contribution in [3.63, 3.8) is 0 Å². The fourth-order valence-corrected chi connectivity index (χ4v) is 4.60. The minimum absolute atomic E-state index is 0.0964. The number of carbonyl (C=O) groups is 1. The van der Waals surface area contributed by atoms with Gasteiger partial charge in [-0.1, -0.05) is 60.7 Å². The standard InChI is InChI=1S/C19H23NO.C13H19FN2.C2H2/c1-3-20(4-2)19(21)18-14-12-17(13-15-18)11-10-16-8-6-5-7-9-16;1-10-8-16(11(2)7-15-10)9-12-5-3-4-6-13(12)14;1-2/h5-9,12-15H,3-4,10-11H2,1-2H3;3-6,10-11,15H,7-9H2,1-2H3;1-2H/t;10?,11-;/m.1./s1. The van der Waals surface area contributed by atoms with Crippen molar-refractivity contribution in [3.05, 3.63) is 107 Å². The van der Waals surface area contributed by atoms with Crippen molar-refractivity contribution in [1.29, 1.82) is 0 Å². The molecule has 5 heteroatoms. The number of piperazine rings is 1. The van der Waals surface area contributed by atoms with Crippen LogP contribution < -0.4 is 5.32 Å². The molecular weight excluding hydrogens is 485 g/mol. The van der Waals surface area contributed by atoms with Crippen molar-refractivity contribution in [1.82, 2.24) is 15.1 Å². The number of hydrogen-bond donors (Lipinski definition) is 1. The lowest BCUT2D eigenvalue weighted by Crippen LogP contribution is -2.53. The summed E-state index contributed by atoms with van der Waals surface area (Å²) in [6, 6.07) is 26.5. The highest BCUT2D eigenvalue weighted by Crippen LogP contribution is 2.15. The summed E-state index contributed by atoms with van der Waals surface area (Å²) in [4.78, 5) is 16.4. The number of aryl methyl sites for hydroxylation is 2. The third-order valence-corrected chi connectivity index (χ3v) is 7.02. The predicted molar refractivity (Wildman–Crippen MR) is 161 cm³/mol. The predicted octanol–water partition coefficient (Wildman–Crippen LogP) is 6.21. The van der Waals surface area contributed by atoms with Gasteiger partial charge in [0, 0.05) is 55.9 Å². The van der Waals surface area contributed by atoms with Crippen LogP contribution in [0.2, 0.25) is 0 Å². The van der Waals surface area contributed by atoms with Crippen LogP contribution in [0.1, 0.15) is 54.7 Å². The molecular formula is C34H44FN3O. The summed E-state index contributed by atoms with van der Waals surface area (Å²) in [5.41, 5.74) is 4.20. The Labute approximate surface area is 235 Å². The molecule has 3 aromatic rings. The third-order valence-electron chi connectivity index (χ3n) is 7.02. The Kier molecular flexibility index (Phi) is 14.0. The van der Waals surface area contributed by atoms with Gasteiger partial charge in [0.25, 0.3) is 5.91 Å². The smallest absolute Gasteiger partial charge is 0.253 e. The van der Waals surface area contributed by atoms with Gasteiger partial charge in [0.15, 0.2) is 0 Å². The van der Waals surface area contributed by atoms with Gasteiger partial charge in [-0.25, -0.2) is 4.39 Å². The molecule has 208 valence electrons. The van der Waals surface area contributed by atoms with E-state index in [0.717, 1.165) is 50.1 Å². The zero-order valence-corrected chi connectivity index (χ0v) is 23.9. The van der Waals surface area contributed by atoms with Crippen molar-refractivity contribution in [2.45, 2.75) is 59.2 Å². The van der Waals surface area contributed by atoms with Gasteiger partial charge >= 0.3 is 0 Å².